The Hall–Kier alpha value is -2.36. The molecule has 2 N–H and O–H groups in total. The van der Waals surface area contributed by atoms with Gasteiger partial charge in [0.15, 0.2) is 6.10 Å². The molecule has 0 radical (unpaired) electrons. The molecule has 1 atom stereocenters. The SMILES string of the molecule is CCOC(=O)C(O)CNc1ccc([N+](=O)[O-])c(C(F)(F)F)c1. The van der Waals surface area contributed by atoms with E-state index < -0.39 is 41.0 Å². The zero-order valence-corrected chi connectivity index (χ0v) is 11.4. The van der Waals surface area contributed by atoms with Crippen LogP contribution in [0.5, 0.6) is 0 Å². The summed E-state index contributed by atoms with van der Waals surface area (Å²) in [6, 6.07) is 2.28. The lowest BCUT2D eigenvalue weighted by Gasteiger charge is -2.13. The molecule has 0 fully saturated rings. The van der Waals surface area contributed by atoms with Crippen LogP contribution in [0.25, 0.3) is 0 Å². The zero-order valence-electron chi connectivity index (χ0n) is 11.4. The van der Waals surface area contributed by atoms with Gasteiger partial charge >= 0.3 is 12.1 Å². The Bertz CT molecular complexity index is 562. The van der Waals surface area contributed by atoms with Crippen molar-refractivity contribution in [1.29, 1.82) is 0 Å². The molecule has 122 valence electrons. The topological polar surface area (TPSA) is 102 Å². The summed E-state index contributed by atoms with van der Waals surface area (Å²) in [6.45, 7) is 1.18. The number of halogens is 3. The maximum absolute atomic E-state index is 12.8. The van der Waals surface area contributed by atoms with E-state index in [9.17, 15) is 33.2 Å². The lowest BCUT2D eigenvalue weighted by molar-refractivity contribution is -0.388. The van der Waals surface area contributed by atoms with Crippen molar-refractivity contribution in [3.8, 4) is 0 Å². The van der Waals surface area contributed by atoms with Crippen molar-refractivity contribution in [3.63, 3.8) is 0 Å². The quantitative estimate of drug-likeness (QED) is 0.471. The number of ether oxygens (including phenoxy) is 1. The van der Waals surface area contributed by atoms with Crippen LogP contribution in [-0.4, -0.2) is 35.3 Å². The molecule has 0 aliphatic rings. The van der Waals surface area contributed by atoms with Gasteiger partial charge in [-0.1, -0.05) is 0 Å². The van der Waals surface area contributed by atoms with Crippen molar-refractivity contribution in [1.82, 2.24) is 0 Å². The van der Waals surface area contributed by atoms with Crippen LogP contribution in [0.1, 0.15) is 12.5 Å². The van der Waals surface area contributed by atoms with Crippen LogP contribution in [0.15, 0.2) is 18.2 Å². The molecule has 1 rings (SSSR count). The van der Waals surface area contributed by atoms with Crippen LogP contribution in [0.3, 0.4) is 0 Å². The van der Waals surface area contributed by atoms with Crippen LogP contribution < -0.4 is 5.32 Å². The van der Waals surface area contributed by atoms with Gasteiger partial charge in [0.2, 0.25) is 0 Å². The molecular weight excluding hydrogens is 309 g/mol. The molecule has 0 saturated heterocycles. The van der Waals surface area contributed by atoms with Crippen molar-refractivity contribution in [2.24, 2.45) is 0 Å². The molecule has 0 aliphatic heterocycles. The molecule has 0 heterocycles. The van der Waals surface area contributed by atoms with Crippen LogP contribution in [0.2, 0.25) is 0 Å². The van der Waals surface area contributed by atoms with E-state index in [1.54, 1.807) is 0 Å². The molecule has 0 spiro atoms. The van der Waals surface area contributed by atoms with Gasteiger partial charge in [0.25, 0.3) is 5.69 Å². The summed E-state index contributed by atoms with van der Waals surface area (Å²) in [5, 5.41) is 22.4. The minimum absolute atomic E-state index is 0.0473. The van der Waals surface area contributed by atoms with Crippen molar-refractivity contribution in [2.75, 3.05) is 18.5 Å². The van der Waals surface area contributed by atoms with Crippen LogP contribution >= 0.6 is 0 Å². The number of benzene rings is 1. The van der Waals surface area contributed by atoms with Crippen LogP contribution in [0.4, 0.5) is 24.5 Å². The minimum Gasteiger partial charge on any atom is -0.464 e. The molecule has 1 unspecified atom stereocenters. The summed E-state index contributed by atoms with van der Waals surface area (Å²) in [5.41, 5.74) is -2.63. The first-order valence-corrected chi connectivity index (χ1v) is 6.11. The molecule has 1 aromatic rings. The molecule has 1 aromatic carbocycles. The molecule has 0 aliphatic carbocycles. The third-order valence-electron chi connectivity index (χ3n) is 2.56. The number of nitrogens with zero attached hydrogens (tertiary/aromatic N) is 1. The number of alkyl halides is 3. The molecule has 0 amide bonds. The predicted octanol–water partition coefficient (Wildman–Crippen LogP) is 1.95. The number of aliphatic hydroxyl groups excluding tert-OH is 1. The second kappa shape index (κ2) is 7.07. The second-order valence-electron chi connectivity index (χ2n) is 4.14. The number of hydrogen-bond donors (Lipinski definition) is 2. The Kier molecular flexibility index (Phi) is 5.69. The first-order valence-electron chi connectivity index (χ1n) is 6.11. The molecule has 0 bridgehead atoms. The fourth-order valence-electron chi connectivity index (χ4n) is 1.57. The van der Waals surface area contributed by atoms with E-state index in [2.05, 4.69) is 10.1 Å². The second-order valence-corrected chi connectivity index (χ2v) is 4.14. The molecule has 0 aromatic heterocycles. The smallest absolute Gasteiger partial charge is 0.423 e. The Balaban J connectivity index is 2.90. The van der Waals surface area contributed by atoms with Crippen LogP contribution in [-0.2, 0) is 15.7 Å². The number of anilines is 1. The summed E-state index contributed by atoms with van der Waals surface area (Å²) in [7, 11) is 0. The zero-order chi connectivity index (χ0) is 16.9. The first kappa shape index (κ1) is 17.7. The predicted molar refractivity (Wildman–Crippen MR) is 69.2 cm³/mol. The van der Waals surface area contributed by atoms with Gasteiger partial charge in [-0.25, -0.2) is 4.79 Å². The van der Waals surface area contributed by atoms with Gasteiger partial charge in [-0.2, -0.15) is 13.2 Å². The van der Waals surface area contributed by atoms with E-state index in [4.69, 9.17) is 0 Å². The number of carbonyl (C=O) groups is 1. The Morgan fingerprint density at radius 2 is 2.14 bits per heavy atom. The Morgan fingerprint density at radius 1 is 1.50 bits per heavy atom. The number of hydrogen-bond acceptors (Lipinski definition) is 6. The minimum atomic E-state index is -4.90. The average molecular weight is 322 g/mol. The molecule has 0 saturated carbocycles. The summed E-state index contributed by atoms with van der Waals surface area (Å²) >= 11 is 0. The van der Waals surface area contributed by atoms with Crippen LogP contribution in [0, 0.1) is 10.1 Å². The Labute approximate surface area is 122 Å². The Morgan fingerprint density at radius 3 is 2.64 bits per heavy atom. The monoisotopic (exact) mass is 322 g/mol. The highest BCUT2D eigenvalue weighted by Gasteiger charge is 2.38. The van der Waals surface area contributed by atoms with E-state index in [1.807, 2.05) is 0 Å². The van der Waals surface area contributed by atoms with E-state index in [0.717, 1.165) is 6.07 Å². The number of aliphatic hydroxyl groups is 1. The number of rotatable bonds is 6. The van der Waals surface area contributed by atoms with Gasteiger partial charge in [-0.3, -0.25) is 10.1 Å². The third-order valence-corrected chi connectivity index (χ3v) is 2.56. The highest BCUT2D eigenvalue weighted by molar-refractivity contribution is 5.75. The molecular formula is C12H13F3N2O5. The van der Waals surface area contributed by atoms with E-state index in [-0.39, 0.29) is 12.3 Å². The van der Waals surface area contributed by atoms with Crippen molar-refractivity contribution in [3.05, 3.63) is 33.9 Å². The summed E-state index contributed by atoms with van der Waals surface area (Å²) < 4.78 is 42.8. The highest BCUT2D eigenvalue weighted by atomic mass is 19.4. The number of esters is 1. The van der Waals surface area contributed by atoms with E-state index in [1.165, 1.54) is 6.92 Å². The fourth-order valence-corrected chi connectivity index (χ4v) is 1.57. The highest BCUT2D eigenvalue weighted by Crippen LogP contribution is 2.37. The maximum atomic E-state index is 12.8. The van der Waals surface area contributed by atoms with Crippen molar-refractivity contribution >= 4 is 17.3 Å². The third kappa shape index (κ3) is 4.58. The number of nitro benzene ring substituents is 1. The van der Waals surface area contributed by atoms with Gasteiger partial charge in [-0.05, 0) is 19.1 Å². The van der Waals surface area contributed by atoms with Gasteiger partial charge in [-0.15, -0.1) is 0 Å². The first-order chi connectivity index (χ1) is 10.2. The van der Waals surface area contributed by atoms with E-state index >= 15 is 0 Å². The van der Waals surface area contributed by atoms with Gasteiger partial charge in [0, 0.05) is 11.8 Å². The van der Waals surface area contributed by atoms with Crippen molar-refractivity contribution in [2.45, 2.75) is 19.2 Å². The normalized spacial score (nSPS) is 12.6. The average Bonchev–Trinajstić information content (AvgIpc) is 2.43. The number of nitro groups is 1. The maximum Gasteiger partial charge on any atom is 0.423 e. The van der Waals surface area contributed by atoms with E-state index in [0.29, 0.717) is 12.1 Å². The lowest BCUT2D eigenvalue weighted by Crippen LogP contribution is -2.30. The van der Waals surface area contributed by atoms with Crippen molar-refractivity contribution < 1.29 is 32.7 Å². The summed E-state index contributed by atoms with van der Waals surface area (Å²) in [6.07, 6.45) is -6.47. The fraction of sp³-hybridized carbons (Fsp3) is 0.417. The lowest BCUT2D eigenvalue weighted by atomic mass is 10.1. The number of nitrogens with one attached hydrogen (secondary N) is 1. The molecule has 22 heavy (non-hydrogen) atoms. The van der Waals surface area contributed by atoms with Gasteiger partial charge in [0.1, 0.15) is 5.56 Å². The van der Waals surface area contributed by atoms with Gasteiger partial charge < -0.3 is 15.2 Å². The summed E-state index contributed by atoms with van der Waals surface area (Å²) in [5.74, 6) is -0.923. The summed E-state index contributed by atoms with van der Waals surface area (Å²) in [4.78, 5) is 20.6. The largest absolute Gasteiger partial charge is 0.464 e. The van der Waals surface area contributed by atoms with Gasteiger partial charge in [0.05, 0.1) is 18.1 Å². The molecule has 7 nitrogen and oxygen atoms in total. The molecule has 10 heteroatoms. The standard InChI is InChI=1S/C12H13F3N2O5/c1-2-22-11(19)10(18)6-16-7-3-4-9(17(20)21)8(5-7)12(13,14)15/h3-5,10,16,18H,2,6H2,1H3. The number of carbonyl (C=O) groups excluding carboxylic acids is 1.